The normalized spacial score (nSPS) is 53.5. The summed E-state index contributed by atoms with van der Waals surface area (Å²) < 4.78 is 0. The maximum absolute atomic E-state index is 11.1. The standard InChI is InChI=1S/C13H21NO2/c1-12-4-2-8-11(12)9(3-5-12)13(8,7-14)6-10(15)16/h8-9,11H,2-7,14H2,1H3,(H,15,16)/t8-,9?,11+,12-,13+/m1/s1. The fourth-order valence-electron chi connectivity index (χ4n) is 5.40. The minimum Gasteiger partial charge on any atom is -0.481 e. The molecule has 0 aliphatic heterocycles. The van der Waals surface area contributed by atoms with Crippen molar-refractivity contribution >= 4 is 5.97 Å². The third kappa shape index (κ3) is 1.01. The lowest BCUT2D eigenvalue weighted by Gasteiger charge is -2.58. The average Bonchev–Trinajstić information content (AvgIpc) is 2.63. The summed E-state index contributed by atoms with van der Waals surface area (Å²) in [7, 11) is 0. The maximum atomic E-state index is 11.1. The summed E-state index contributed by atoms with van der Waals surface area (Å²) in [4.78, 5) is 11.1. The zero-order valence-corrected chi connectivity index (χ0v) is 9.91. The van der Waals surface area contributed by atoms with Crippen LogP contribution in [-0.4, -0.2) is 17.6 Å². The van der Waals surface area contributed by atoms with Crippen molar-refractivity contribution in [1.82, 2.24) is 0 Å². The molecule has 0 aromatic rings. The van der Waals surface area contributed by atoms with Gasteiger partial charge in [-0.15, -0.1) is 0 Å². The van der Waals surface area contributed by atoms with E-state index in [0.29, 0.717) is 30.2 Å². The van der Waals surface area contributed by atoms with Gasteiger partial charge in [0.1, 0.15) is 0 Å². The first-order valence-corrected chi connectivity index (χ1v) is 6.45. The highest BCUT2D eigenvalue weighted by Crippen LogP contribution is 2.75. The first-order valence-electron chi connectivity index (χ1n) is 6.45. The molecule has 5 atom stereocenters. The van der Waals surface area contributed by atoms with Crippen molar-refractivity contribution in [1.29, 1.82) is 0 Å². The molecule has 1 unspecified atom stereocenters. The minimum atomic E-state index is -0.663. The summed E-state index contributed by atoms with van der Waals surface area (Å²) in [6, 6.07) is 0. The van der Waals surface area contributed by atoms with Crippen LogP contribution in [0.5, 0.6) is 0 Å². The number of carbonyl (C=O) groups is 1. The number of rotatable bonds is 3. The van der Waals surface area contributed by atoms with Crippen LogP contribution in [0.3, 0.4) is 0 Å². The minimum absolute atomic E-state index is 0.0508. The molecule has 3 saturated carbocycles. The van der Waals surface area contributed by atoms with Gasteiger partial charge in [0, 0.05) is 0 Å². The van der Waals surface area contributed by atoms with Crippen LogP contribution in [0.4, 0.5) is 0 Å². The zero-order valence-electron chi connectivity index (χ0n) is 9.91. The van der Waals surface area contributed by atoms with Crippen molar-refractivity contribution < 1.29 is 9.90 Å². The predicted octanol–water partition coefficient (Wildman–Crippen LogP) is 1.86. The molecule has 0 aromatic carbocycles. The maximum Gasteiger partial charge on any atom is 0.303 e. The van der Waals surface area contributed by atoms with Gasteiger partial charge in [0.15, 0.2) is 0 Å². The monoisotopic (exact) mass is 223 g/mol. The Bertz CT molecular complexity index is 323. The van der Waals surface area contributed by atoms with E-state index in [-0.39, 0.29) is 5.41 Å². The molecule has 0 saturated heterocycles. The third-order valence-corrected chi connectivity index (χ3v) is 6.06. The molecule has 3 fully saturated rings. The molecule has 0 bridgehead atoms. The van der Waals surface area contributed by atoms with Crippen LogP contribution in [0.1, 0.15) is 39.0 Å². The molecule has 3 rings (SSSR count). The largest absolute Gasteiger partial charge is 0.481 e. The van der Waals surface area contributed by atoms with Gasteiger partial charge < -0.3 is 10.8 Å². The van der Waals surface area contributed by atoms with Crippen molar-refractivity contribution in [2.24, 2.45) is 34.3 Å². The van der Waals surface area contributed by atoms with E-state index in [0.717, 1.165) is 5.92 Å². The molecule has 3 N–H and O–H groups in total. The molecule has 3 aliphatic rings. The Kier molecular flexibility index (Phi) is 1.99. The molecule has 3 nitrogen and oxygen atoms in total. The molecular formula is C13H21NO2. The number of carboxylic acid groups (broad SMARTS) is 1. The summed E-state index contributed by atoms with van der Waals surface area (Å²) in [5, 5.41) is 9.10. The lowest BCUT2D eigenvalue weighted by molar-refractivity contribution is -0.156. The van der Waals surface area contributed by atoms with Crippen molar-refractivity contribution in [3.05, 3.63) is 0 Å². The van der Waals surface area contributed by atoms with Crippen LogP contribution in [0.2, 0.25) is 0 Å². The van der Waals surface area contributed by atoms with Gasteiger partial charge in [-0.05, 0) is 60.8 Å². The second-order valence-corrected chi connectivity index (χ2v) is 6.48. The predicted molar refractivity (Wildman–Crippen MR) is 60.8 cm³/mol. The Morgan fingerprint density at radius 2 is 1.94 bits per heavy atom. The lowest BCUT2D eigenvalue weighted by Crippen LogP contribution is -2.59. The highest BCUT2D eigenvalue weighted by Gasteiger charge is 2.71. The molecule has 90 valence electrons. The quantitative estimate of drug-likeness (QED) is 0.767. The van der Waals surface area contributed by atoms with E-state index in [1.54, 1.807) is 0 Å². The van der Waals surface area contributed by atoms with Gasteiger partial charge in [0.2, 0.25) is 0 Å². The smallest absolute Gasteiger partial charge is 0.303 e. The van der Waals surface area contributed by atoms with Crippen molar-refractivity contribution in [3.63, 3.8) is 0 Å². The fraction of sp³-hybridized carbons (Fsp3) is 0.923. The number of hydrogen-bond donors (Lipinski definition) is 2. The van der Waals surface area contributed by atoms with Crippen molar-refractivity contribution in [2.75, 3.05) is 6.54 Å². The second kappa shape index (κ2) is 3.00. The second-order valence-electron chi connectivity index (χ2n) is 6.48. The number of aliphatic carboxylic acids is 1. The Balaban J connectivity index is 1.91. The van der Waals surface area contributed by atoms with E-state index in [1.165, 1.54) is 25.7 Å². The van der Waals surface area contributed by atoms with Gasteiger partial charge in [0.05, 0.1) is 6.42 Å². The molecule has 0 amide bonds. The van der Waals surface area contributed by atoms with Gasteiger partial charge in [-0.25, -0.2) is 0 Å². The topological polar surface area (TPSA) is 63.3 Å². The van der Waals surface area contributed by atoms with Gasteiger partial charge in [-0.2, -0.15) is 0 Å². The molecule has 0 aromatic heterocycles. The van der Waals surface area contributed by atoms with Crippen molar-refractivity contribution in [2.45, 2.75) is 39.0 Å². The van der Waals surface area contributed by atoms with Crippen LogP contribution in [0, 0.1) is 28.6 Å². The van der Waals surface area contributed by atoms with Crippen LogP contribution in [-0.2, 0) is 4.79 Å². The lowest BCUT2D eigenvalue weighted by atomic mass is 9.46. The summed E-state index contributed by atoms with van der Waals surface area (Å²) in [5.74, 6) is 1.33. The molecule has 3 heteroatoms. The Morgan fingerprint density at radius 3 is 2.38 bits per heavy atom. The highest BCUT2D eigenvalue weighted by molar-refractivity contribution is 5.68. The van der Waals surface area contributed by atoms with Gasteiger partial charge in [-0.1, -0.05) is 6.92 Å². The number of carboxylic acids is 1. The van der Waals surface area contributed by atoms with Crippen LogP contribution >= 0.6 is 0 Å². The fourth-order valence-corrected chi connectivity index (χ4v) is 5.40. The van der Waals surface area contributed by atoms with E-state index in [4.69, 9.17) is 10.8 Å². The Labute approximate surface area is 96.4 Å². The van der Waals surface area contributed by atoms with E-state index < -0.39 is 5.97 Å². The Hall–Kier alpha value is -0.570. The highest BCUT2D eigenvalue weighted by atomic mass is 16.4. The van der Waals surface area contributed by atoms with Crippen molar-refractivity contribution in [3.8, 4) is 0 Å². The van der Waals surface area contributed by atoms with Gasteiger partial charge in [0.25, 0.3) is 0 Å². The van der Waals surface area contributed by atoms with Gasteiger partial charge >= 0.3 is 5.97 Å². The summed E-state index contributed by atoms with van der Waals surface area (Å²) >= 11 is 0. The average molecular weight is 223 g/mol. The SMILES string of the molecule is C[C@@]12CCC3[C@@H]1[C@@H](CC2)[C@@]3(CN)CC(=O)O. The molecule has 3 aliphatic carbocycles. The van der Waals surface area contributed by atoms with Gasteiger partial charge in [-0.3, -0.25) is 4.79 Å². The summed E-state index contributed by atoms with van der Waals surface area (Å²) in [6.07, 6.45) is 5.30. The zero-order chi connectivity index (χ0) is 11.6. The molecule has 16 heavy (non-hydrogen) atoms. The molecular weight excluding hydrogens is 202 g/mol. The molecule has 0 heterocycles. The number of nitrogens with two attached hydrogens (primary N) is 1. The van der Waals surface area contributed by atoms with E-state index in [9.17, 15) is 4.79 Å². The Morgan fingerprint density at radius 1 is 1.38 bits per heavy atom. The number of hydrogen-bond acceptors (Lipinski definition) is 2. The van der Waals surface area contributed by atoms with Crippen LogP contribution < -0.4 is 5.73 Å². The first-order chi connectivity index (χ1) is 7.53. The van der Waals surface area contributed by atoms with E-state index in [1.807, 2.05) is 0 Å². The van der Waals surface area contributed by atoms with E-state index in [2.05, 4.69) is 6.92 Å². The third-order valence-electron chi connectivity index (χ3n) is 6.06. The molecule has 0 spiro atoms. The summed E-state index contributed by atoms with van der Waals surface area (Å²) in [5.41, 5.74) is 6.41. The van der Waals surface area contributed by atoms with E-state index >= 15 is 0 Å². The summed E-state index contributed by atoms with van der Waals surface area (Å²) in [6.45, 7) is 2.97. The van der Waals surface area contributed by atoms with Crippen LogP contribution in [0.25, 0.3) is 0 Å². The van der Waals surface area contributed by atoms with Crippen LogP contribution in [0.15, 0.2) is 0 Å². The molecule has 0 radical (unpaired) electrons. The first kappa shape index (κ1) is 10.6.